The van der Waals surface area contributed by atoms with E-state index in [1.54, 1.807) is 37.3 Å². The van der Waals surface area contributed by atoms with Crippen molar-refractivity contribution >= 4 is 55.2 Å². The van der Waals surface area contributed by atoms with E-state index in [-0.39, 0.29) is 57.7 Å². The number of aryl methyl sites for hydroxylation is 2. The fourth-order valence-corrected chi connectivity index (χ4v) is 15.7. The smallest absolute Gasteiger partial charge is 0.253 e. The van der Waals surface area contributed by atoms with Crippen LogP contribution < -0.4 is 35.4 Å². The average Bonchev–Trinajstić information content (AvgIpc) is 3.72. The van der Waals surface area contributed by atoms with Crippen LogP contribution in [0.5, 0.6) is 0 Å². The summed E-state index contributed by atoms with van der Waals surface area (Å²) in [6.07, 6.45) is -2.71. The molecular formula is C40H31ClF6IN9O4S-. The number of fused-ring (bicyclic) bond motifs is 5. The van der Waals surface area contributed by atoms with E-state index in [0.29, 0.717) is 27.7 Å². The van der Waals surface area contributed by atoms with Crippen molar-refractivity contribution in [3.05, 3.63) is 126 Å². The van der Waals surface area contributed by atoms with Crippen molar-refractivity contribution < 1.29 is 59.4 Å². The minimum atomic E-state index is -3.91. The Morgan fingerprint density at radius 2 is 1.77 bits per heavy atom. The maximum Gasteiger partial charge on any atom is -0.253 e. The molecule has 1 fully saturated rings. The Morgan fingerprint density at radius 1 is 1.03 bits per heavy atom. The van der Waals surface area contributed by atoms with Gasteiger partial charge in [0.2, 0.25) is 10.0 Å². The maximum absolute atomic E-state index is 15.6. The van der Waals surface area contributed by atoms with Gasteiger partial charge in [-0.1, -0.05) is 23.7 Å². The van der Waals surface area contributed by atoms with Gasteiger partial charge in [-0.3, -0.25) is 9.71 Å². The zero-order valence-electron chi connectivity index (χ0n) is 32.4. The molecule has 3 aromatic carbocycles. The minimum absolute atomic E-state index is 0.0220. The normalized spacial score (nSPS) is 16.5. The molecule has 1 saturated heterocycles. The molecule has 0 aliphatic carbocycles. The SMILES string of the molecule is Cc1cccc(-c2ccc3c(=O)n(-c4ccc(Cl)c5c(NS(C)(=O)=O)nn(C)c45)c([C@H](Cc4cc(F)cc(F)c4)NC(=O)Cn4nc(C(F)F)c5c4C(F)(F)C4C[I-]54)nc3c2)n1. The van der Waals surface area contributed by atoms with Gasteiger partial charge >= 0.3 is 250 Å². The summed E-state index contributed by atoms with van der Waals surface area (Å²) in [6.45, 7) is 0.839. The van der Waals surface area contributed by atoms with E-state index in [4.69, 9.17) is 16.6 Å². The Labute approximate surface area is 359 Å². The van der Waals surface area contributed by atoms with Crippen LogP contribution in [0.2, 0.25) is 5.02 Å². The number of amides is 1. The molecular weight excluding hydrogens is 979 g/mol. The molecule has 13 nitrogen and oxygen atoms in total. The first-order valence-electron chi connectivity index (χ1n) is 18.6. The van der Waals surface area contributed by atoms with Gasteiger partial charge in [0.1, 0.15) is 0 Å². The molecule has 2 atom stereocenters. The number of pyridine rings is 1. The van der Waals surface area contributed by atoms with E-state index in [2.05, 4.69) is 25.2 Å². The number of benzene rings is 3. The van der Waals surface area contributed by atoms with Crippen molar-refractivity contribution in [3.8, 4) is 16.9 Å². The van der Waals surface area contributed by atoms with Gasteiger partial charge in [-0.05, 0) is 19.1 Å². The molecule has 2 aliphatic heterocycles. The van der Waals surface area contributed by atoms with Crippen LogP contribution in [0, 0.1) is 22.1 Å². The Morgan fingerprint density at radius 3 is 2.47 bits per heavy atom. The molecule has 22 heteroatoms. The summed E-state index contributed by atoms with van der Waals surface area (Å²) >= 11 is 4.00. The first kappa shape index (κ1) is 41.8. The van der Waals surface area contributed by atoms with Gasteiger partial charge in [-0.2, -0.15) is 5.10 Å². The van der Waals surface area contributed by atoms with Gasteiger partial charge in [0.15, 0.2) is 5.82 Å². The van der Waals surface area contributed by atoms with Gasteiger partial charge in [0.05, 0.1) is 17.0 Å². The van der Waals surface area contributed by atoms with Crippen molar-refractivity contribution in [1.29, 1.82) is 0 Å². The molecule has 1 unspecified atom stereocenters. The van der Waals surface area contributed by atoms with Crippen molar-refractivity contribution in [1.82, 2.24) is 39.4 Å². The van der Waals surface area contributed by atoms with Crippen LogP contribution in [0.4, 0.5) is 32.2 Å². The second-order valence-corrected chi connectivity index (χ2v) is 22.8. The summed E-state index contributed by atoms with van der Waals surface area (Å²) in [4.78, 5) is 38.6. The molecule has 9 rings (SSSR count). The molecule has 2 aliphatic rings. The number of carbonyl (C=O) groups is 1. The molecule has 1 amide bonds. The number of rotatable bonds is 11. The van der Waals surface area contributed by atoms with Crippen LogP contribution in [0.25, 0.3) is 38.8 Å². The summed E-state index contributed by atoms with van der Waals surface area (Å²) in [5.41, 5.74) is -0.219. The third-order valence-electron chi connectivity index (χ3n) is 10.4. The monoisotopic (exact) mass is 1010 g/mol. The van der Waals surface area contributed by atoms with Crippen LogP contribution in [0.15, 0.2) is 71.5 Å². The number of halogens is 8. The predicted octanol–water partition coefficient (Wildman–Crippen LogP) is 3.46. The number of nitrogens with zero attached hydrogens (tertiary/aromatic N) is 7. The third kappa shape index (κ3) is 7.35. The summed E-state index contributed by atoms with van der Waals surface area (Å²) in [5, 5.41) is 11.0. The number of anilines is 1. The van der Waals surface area contributed by atoms with E-state index in [1.165, 1.54) is 29.9 Å². The molecule has 2 N–H and O–H groups in total. The summed E-state index contributed by atoms with van der Waals surface area (Å²) in [7, 11) is -2.44. The molecule has 0 spiro atoms. The minimum Gasteiger partial charge on any atom is -0.253 e. The van der Waals surface area contributed by atoms with Crippen molar-refractivity contribution in [3.63, 3.8) is 0 Å². The number of carbonyl (C=O) groups excluding carboxylic acids is 1. The number of hydrogen-bond donors (Lipinski definition) is 2. The second kappa shape index (κ2) is 15.1. The molecule has 0 bridgehead atoms. The van der Waals surface area contributed by atoms with Crippen LogP contribution in [0.1, 0.15) is 40.9 Å². The summed E-state index contributed by atoms with van der Waals surface area (Å²) in [5.74, 6) is -6.86. The van der Waals surface area contributed by atoms with Crippen LogP contribution >= 0.6 is 11.6 Å². The second-order valence-electron chi connectivity index (χ2n) is 14.9. The number of sulfonamides is 1. The van der Waals surface area contributed by atoms with Crippen LogP contribution in [-0.2, 0) is 40.8 Å². The first-order chi connectivity index (χ1) is 29.3. The van der Waals surface area contributed by atoms with Crippen molar-refractivity contribution in [2.75, 3.05) is 15.4 Å². The number of alkyl halides is 6. The fourth-order valence-electron chi connectivity index (χ4n) is 7.87. The van der Waals surface area contributed by atoms with Gasteiger partial charge in [-0.25, -0.2) is 8.42 Å². The van der Waals surface area contributed by atoms with Crippen molar-refractivity contribution in [2.45, 2.75) is 42.2 Å². The van der Waals surface area contributed by atoms with Crippen LogP contribution in [-0.4, -0.2) is 63.0 Å². The third-order valence-corrected chi connectivity index (χ3v) is 17.5. The number of nitrogens with one attached hydrogen (secondary N) is 2. The topological polar surface area (TPSA) is 159 Å². The summed E-state index contributed by atoms with van der Waals surface area (Å²) in [6, 6.07) is 14.0. The largest absolute Gasteiger partial charge is 0.253 e. The molecule has 62 heavy (non-hydrogen) atoms. The van der Waals surface area contributed by atoms with E-state index in [9.17, 15) is 30.8 Å². The fraction of sp³-hybridized carbons (Fsp3) is 0.250. The summed E-state index contributed by atoms with van der Waals surface area (Å²) < 4.78 is 118. The molecule has 7 aromatic rings. The van der Waals surface area contributed by atoms with Gasteiger partial charge in [-0.15, -0.1) is 0 Å². The van der Waals surface area contributed by atoms with Crippen molar-refractivity contribution in [2.24, 2.45) is 7.05 Å². The Hall–Kier alpha value is -5.55. The maximum atomic E-state index is 15.6. The molecule has 6 heterocycles. The Kier molecular flexibility index (Phi) is 10.2. The zero-order chi connectivity index (χ0) is 44.2. The number of hydrogen-bond acceptors (Lipinski definition) is 8. The zero-order valence-corrected chi connectivity index (χ0v) is 36.1. The quantitative estimate of drug-likeness (QED) is 0.113. The van der Waals surface area contributed by atoms with Gasteiger partial charge in [0.25, 0.3) is 0 Å². The van der Waals surface area contributed by atoms with E-state index in [0.717, 1.165) is 23.0 Å². The standard InChI is InChI=1S/C40H31ClF6IN9O4S/c1-18-5-4-6-25(49-18)20-7-8-23-26(14-20)51-38(57(39(23)59)28-10-9-24(41)31-34(28)55(2)53-37(31)54-62(3,60)61)27(13-19-11-21(42)15-22(43)12-19)50-30(58)17-56-35-32(33(52-56)36(44)45)48-16-29(48)40(35,46)47/h4-12,14-15,27,29,36H,13,16-17H2,1-3H3,(H,50,58)(H,53,54)/q-1/t27-,29?/m0/s1. The molecule has 0 saturated carbocycles. The Bertz CT molecular complexity index is 3200. The first-order valence-corrected chi connectivity index (χ1v) is 24.7. The van der Waals surface area contributed by atoms with Gasteiger partial charge < -0.3 is 0 Å². The predicted molar refractivity (Wildman–Crippen MR) is 212 cm³/mol. The molecule has 4 aromatic heterocycles. The van der Waals surface area contributed by atoms with E-state index < -0.39 is 99.6 Å². The molecule has 1 radical (unpaired) electrons. The van der Waals surface area contributed by atoms with Crippen LogP contribution in [0.3, 0.4) is 0 Å². The van der Waals surface area contributed by atoms with E-state index >= 15 is 13.6 Å². The van der Waals surface area contributed by atoms with E-state index in [1.807, 2.05) is 0 Å². The molecule has 323 valence electrons. The Balaban J connectivity index is 1.26. The average molecular weight is 1010 g/mol. The van der Waals surface area contributed by atoms with Gasteiger partial charge in [0, 0.05) is 12.7 Å². The number of aromatic nitrogens is 7.